The molecule has 2 atom stereocenters. The van der Waals surface area contributed by atoms with E-state index in [0.29, 0.717) is 6.54 Å². The normalized spacial score (nSPS) is 21.8. The fourth-order valence-electron chi connectivity index (χ4n) is 3.26. The highest BCUT2D eigenvalue weighted by atomic mass is 32.2. The molecule has 1 heterocycles. The molecule has 8 nitrogen and oxygen atoms in total. The first-order chi connectivity index (χ1) is 11.5. The second-order valence-electron chi connectivity index (χ2n) is 7.42. The Hall–Kier alpha value is -1.71. The lowest BCUT2D eigenvalue weighted by Crippen LogP contribution is -2.42. The van der Waals surface area contributed by atoms with Gasteiger partial charge in [0.2, 0.25) is 10.0 Å². The lowest BCUT2D eigenvalue weighted by atomic mass is 9.78. The number of nitrogens with zero attached hydrogens (tertiary/aromatic N) is 1. The van der Waals surface area contributed by atoms with E-state index in [1.807, 2.05) is 0 Å². The molecule has 25 heavy (non-hydrogen) atoms. The number of nitrogens with two attached hydrogens (primary N) is 1. The van der Waals surface area contributed by atoms with Crippen LogP contribution in [-0.2, 0) is 14.8 Å². The molecule has 0 bridgehead atoms. The van der Waals surface area contributed by atoms with Crippen molar-refractivity contribution in [2.24, 2.45) is 16.5 Å². The van der Waals surface area contributed by atoms with Crippen molar-refractivity contribution in [3.8, 4) is 0 Å². The molecule has 1 aromatic carbocycles. The van der Waals surface area contributed by atoms with Crippen LogP contribution in [0.3, 0.4) is 0 Å². The van der Waals surface area contributed by atoms with Crippen LogP contribution in [0, 0.1) is 21.4 Å². The van der Waals surface area contributed by atoms with E-state index >= 15 is 0 Å². The molecule has 1 aliphatic heterocycles. The van der Waals surface area contributed by atoms with Gasteiger partial charge in [0.15, 0.2) is 0 Å². The van der Waals surface area contributed by atoms with Gasteiger partial charge in [-0.15, -0.1) is 0 Å². The molecular formula is C16H25N3O5S. The zero-order valence-corrected chi connectivity index (χ0v) is 15.5. The van der Waals surface area contributed by atoms with E-state index < -0.39 is 14.9 Å². The van der Waals surface area contributed by atoms with Crippen LogP contribution in [-0.4, -0.2) is 32.6 Å². The van der Waals surface area contributed by atoms with Crippen molar-refractivity contribution >= 4 is 21.4 Å². The van der Waals surface area contributed by atoms with E-state index in [0.717, 1.165) is 25.5 Å². The van der Waals surface area contributed by atoms with Crippen LogP contribution in [0.1, 0.15) is 33.6 Å². The summed E-state index contributed by atoms with van der Waals surface area (Å²) in [5.41, 5.74) is -0.0835. The highest BCUT2D eigenvalue weighted by Crippen LogP contribution is 2.35. The van der Waals surface area contributed by atoms with Crippen LogP contribution in [0.2, 0.25) is 0 Å². The summed E-state index contributed by atoms with van der Waals surface area (Å²) < 4.78 is 29.5. The third kappa shape index (κ3) is 4.90. The molecule has 1 saturated heterocycles. The smallest absolute Gasteiger partial charge is 0.270 e. The molecule has 0 amide bonds. The number of anilines is 1. The quantitative estimate of drug-likeness (QED) is 0.605. The number of nitro groups is 1. The largest absolute Gasteiger partial charge is 0.384 e. The predicted molar refractivity (Wildman–Crippen MR) is 94.9 cm³/mol. The first-order valence-electron chi connectivity index (χ1n) is 8.17. The molecule has 9 heteroatoms. The molecule has 140 valence electrons. The van der Waals surface area contributed by atoms with Crippen molar-refractivity contribution in [1.82, 2.24) is 0 Å². The number of hydrogen-bond donors (Lipinski definition) is 2. The molecule has 1 aromatic rings. The van der Waals surface area contributed by atoms with Gasteiger partial charge in [-0.25, -0.2) is 13.6 Å². The molecule has 1 fully saturated rings. The van der Waals surface area contributed by atoms with E-state index in [9.17, 15) is 18.5 Å². The molecule has 1 aliphatic rings. The number of non-ortho nitro benzene ring substituents is 1. The number of sulfonamides is 1. The van der Waals surface area contributed by atoms with Gasteiger partial charge >= 0.3 is 0 Å². The van der Waals surface area contributed by atoms with Gasteiger partial charge in [0.05, 0.1) is 16.7 Å². The number of nitro benzene ring substituents is 1. The van der Waals surface area contributed by atoms with E-state index in [1.165, 1.54) is 12.1 Å². The van der Waals surface area contributed by atoms with Gasteiger partial charge in [0.25, 0.3) is 5.69 Å². The van der Waals surface area contributed by atoms with Gasteiger partial charge in [-0.05, 0) is 24.3 Å². The van der Waals surface area contributed by atoms with Crippen molar-refractivity contribution < 1.29 is 18.1 Å². The zero-order chi connectivity index (χ0) is 18.8. The van der Waals surface area contributed by atoms with E-state index in [-0.39, 0.29) is 33.7 Å². The summed E-state index contributed by atoms with van der Waals surface area (Å²) in [5, 5.41) is 19.2. The zero-order valence-electron chi connectivity index (χ0n) is 14.7. The Bertz CT molecular complexity index is 743. The molecule has 0 spiro atoms. The van der Waals surface area contributed by atoms with Gasteiger partial charge in [-0.3, -0.25) is 10.1 Å². The van der Waals surface area contributed by atoms with Crippen LogP contribution in [0.5, 0.6) is 0 Å². The third-order valence-corrected chi connectivity index (χ3v) is 5.29. The predicted octanol–water partition coefficient (Wildman–Crippen LogP) is 2.50. The fourth-order valence-corrected chi connectivity index (χ4v) is 3.99. The molecule has 0 aliphatic carbocycles. The maximum absolute atomic E-state index is 11.8. The SMILES string of the molecule is CC(C)(C)C1OCCCC1CNc1ccc([N+](=O)[O-])cc1S(N)(=O)=O. The van der Waals surface area contributed by atoms with E-state index in [1.54, 1.807) is 0 Å². The Morgan fingerprint density at radius 3 is 2.64 bits per heavy atom. The average molecular weight is 371 g/mol. The minimum Gasteiger partial charge on any atom is -0.384 e. The third-order valence-electron chi connectivity index (χ3n) is 4.34. The Labute approximate surface area is 147 Å². The van der Waals surface area contributed by atoms with Crippen LogP contribution in [0.25, 0.3) is 0 Å². The molecule has 0 aromatic heterocycles. The average Bonchev–Trinajstić information content (AvgIpc) is 2.51. The van der Waals surface area contributed by atoms with E-state index in [2.05, 4.69) is 26.1 Å². The monoisotopic (exact) mass is 371 g/mol. The van der Waals surface area contributed by atoms with Crippen molar-refractivity contribution in [2.45, 2.75) is 44.6 Å². The summed E-state index contributed by atoms with van der Waals surface area (Å²) in [6.07, 6.45) is 1.96. The van der Waals surface area contributed by atoms with Gasteiger partial charge in [0.1, 0.15) is 4.90 Å². The molecular weight excluding hydrogens is 346 g/mol. The molecule has 3 N–H and O–H groups in total. The van der Waals surface area contributed by atoms with Crippen molar-refractivity contribution in [2.75, 3.05) is 18.5 Å². The van der Waals surface area contributed by atoms with Crippen LogP contribution < -0.4 is 10.5 Å². The van der Waals surface area contributed by atoms with Crippen LogP contribution >= 0.6 is 0 Å². The van der Waals surface area contributed by atoms with Crippen LogP contribution in [0.15, 0.2) is 23.1 Å². The summed E-state index contributed by atoms with van der Waals surface area (Å²) in [6.45, 7) is 7.55. The van der Waals surface area contributed by atoms with Gasteiger partial charge in [-0.1, -0.05) is 20.8 Å². The van der Waals surface area contributed by atoms with Gasteiger partial charge < -0.3 is 10.1 Å². The molecule has 2 unspecified atom stereocenters. The van der Waals surface area contributed by atoms with Crippen molar-refractivity contribution in [3.05, 3.63) is 28.3 Å². The van der Waals surface area contributed by atoms with E-state index in [4.69, 9.17) is 9.88 Å². The minimum absolute atomic E-state index is 0.0367. The number of benzene rings is 1. The fraction of sp³-hybridized carbons (Fsp3) is 0.625. The molecule has 0 radical (unpaired) electrons. The highest BCUT2D eigenvalue weighted by molar-refractivity contribution is 7.89. The Kier molecular flexibility index (Phi) is 5.70. The Morgan fingerprint density at radius 1 is 1.40 bits per heavy atom. The lowest BCUT2D eigenvalue weighted by molar-refractivity contribution is -0.385. The number of nitrogens with one attached hydrogen (secondary N) is 1. The molecule has 2 rings (SSSR count). The van der Waals surface area contributed by atoms with Gasteiger partial charge in [0, 0.05) is 31.2 Å². The summed E-state index contributed by atoms with van der Waals surface area (Å²) in [7, 11) is -4.08. The first-order valence-corrected chi connectivity index (χ1v) is 9.71. The maximum Gasteiger partial charge on any atom is 0.270 e. The maximum atomic E-state index is 11.8. The summed E-state index contributed by atoms with van der Waals surface area (Å²) in [5.74, 6) is 0.206. The number of rotatable bonds is 5. The first kappa shape index (κ1) is 19.6. The molecule has 0 saturated carbocycles. The second-order valence-corrected chi connectivity index (χ2v) is 8.95. The standard InChI is InChI=1S/C16H25N3O5S/c1-16(2,3)15-11(5-4-8-24-15)10-18-13-7-6-12(19(20)21)9-14(13)25(17,22)23/h6-7,9,11,15,18H,4-5,8,10H2,1-3H3,(H2,17,22,23). The van der Waals surface area contributed by atoms with Crippen molar-refractivity contribution in [1.29, 1.82) is 0 Å². The number of ether oxygens (including phenoxy) is 1. The summed E-state index contributed by atoms with van der Waals surface area (Å²) >= 11 is 0. The highest BCUT2D eigenvalue weighted by Gasteiger charge is 2.35. The summed E-state index contributed by atoms with van der Waals surface area (Å²) in [4.78, 5) is 9.96. The topological polar surface area (TPSA) is 125 Å². The number of hydrogen-bond acceptors (Lipinski definition) is 6. The summed E-state index contributed by atoms with van der Waals surface area (Å²) in [6, 6.07) is 3.62. The Morgan fingerprint density at radius 2 is 2.08 bits per heavy atom. The van der Waals surface area contributed by atoms with Gasteiger partial charge in [-0.2, -0.15) is 0 Å². The van der Waals surface area contributed by atoms with Crippen molar-refractivity contribution in [3.63, 3.8) is 0 Å². The van der Waals surface area contributed by atoms with Crippen LogP contribution in [0.4, 0.5) is 11.4 Å². The minimum atomic E-state index is -4.08. The second kappa shape index (κ2) is 7.27. The Balaban J connectivity index is 2.23. The lowest BCUT2D eigenvalue weighted by Gasteiger charge is -2.40. The number of primary sulfonamides is 1.